The van der Waals surface area contributed by atoms with E-state index in [-0.39, 0.29) is 5.91 Å². The van der Waals surface area contributed by atoms with Crippen molar-refractivity contribution in [3.05, 3.63) is 64.4 Å². The lowest BCUT2D eigenvalue weighted by atomic mass is 10.2. The van der Waals surface area contributed by atoms with Gasteiger partial charge in [0.25, 0.3) is 11.5 Å². The first kappa shape index (κ1) is 17.8. The third-order valence-electron chi connectivity index (χ3n) is 4.72. The Labute approximate surface area is 160 Å². The summed E-state index contributed by atoms with van der Waals surface area (Å²) in [5.41, 5.74) is 1.95. The fraction of sp³-hybridized carbons (Fsp3) is 0.250. The molecule has 0 N–H and O–H groups in total. The van der Waals surface area contributed by atoms with Crippen molar-refractivity contribution in [1.29, 1.82) is 0 Å². The number of rotatable bonds is 4. The highest BCUT2D eigenvalue weighted by molar-refractivity contribution is 5.99. The Bertz CT molecular complexity index is 1120. The van der Waals surface area contributed by atoms with Crippen LogP contribution in [0.2, 0.25) is 0 Å². The minimum atomic E-state index is -0.970. The van der Waals surface area contributed by atoms with Crippen LogP contribution in [0.5, 0.6) is 0 Å². The van der Waals surface area contributed by atoms with Gasteiger partial charge in [0.15, 0.2) is 6.10 Å². The molecule has 0 fully saturated rings. The number of carbonyl (C=O) groups is 2. The van der Waals surface area contributed by atoms with Crippen LogP contribution in [0.3, 0.4) is 0 Å². The van der Waals surface area contributed by atoms with Crippen LogP contribution in [-0.4, -0.2) is 39.5 Å². The predicted octanol–water partition coefficient (Wildman–Crippen LogP) is 1.31. The maximum absolute atomic E-state index is 12.7. The van der Waals surface area contributed by atoms with E-state index < -0.39 is 24.2 Å². The van der Waals surface area contributed by atoms with Crippen LogP contribution in [0, 0.1) is 0 Å². The summed E-state index contributed by atoms with van der Waals surface area (Å²) >= 11 is 0. The van der Waals surface area contributed by atoms with E-state index in [1.807, 2.05) is 24.3 Å². The van der Waals surface area contributed by atoms with Crippen LogP contribution in [0.15, 0.2) is 53.3 Å². The molecule has 142 valence electrons. The minimum absolute atomic E-state index is 0.296. The van der Waals surface area contributed by atoms with Crippen molar-refractivity contribution < 1.29 is 14.3 Å². The first-order chi connectivity index (χ1) is 13.5. The highest BCUT2D eigenvalue weighted by Gasteiger charge is 2.29. The number of benzene rings is 2. The molecule has 4 rings (SSSR count). The fourth-order valence-corrected chi connectivity index (χ4v) is 3.32. The largest absolute Gasteiger partial charge is 0.451 e. The lowest BCUT2D eigenvalue weighted by molar-refractivity contribution is -0.154. The molecule has 1 unspecified atom stereocenters. The second kappa shape index (κ2) is 7.22. The van der Waals surface area contributed by atoms with Crippen LogP contribution in [0.25, 0.3) is 10.9 Å². The van der Waals surface area contributed by atoms with Gasteiger partial charge in [-0.2, -0.15) is 4.68 Å². The van der Waals surface area contributed by atoms with Crippen molar-refractivity contribution in [3.63, 3.8) is 0 Å². The van der Waals surface area contributed by atoms with Gasteiger partial charge in [-0.3, -0.25) is 14.4 Å². The van der Waals surface area contributed by atoms with Gasteiger partial charge in [0.05, 0.1) is 5.39 Å². The van der Waals surface area contributed by atoms with Gasteiger partial charge < -0.3 is 9.64 Å². The van der Waals surface area contributed by atoms with E-state index in [0.717, 1.165) is 22.4 Å². The molecule has 0 aliphatic carbocycles. The summed E-state index contributed by atoms with van der Waals surface area (Å²) in [5, 5.41) is 8.06. The maximum Gasteiger partial charge on any atom is 0.328 e. The summed E-state index contributed by atoms with van der Waals surface area (Å²) in [5.74, 6) is -1.02. The summed E-state index contributed by atoms with van der Waals surface area (Å²) in [6.45, 7) is 1.66. The van der Waals surface area contributed by atoms with E-state index in [0.29, 0.717) is 17.4 Å². The predicted molar refractivity (Wildman–Crippen MR) is 102 cm³/mol. The molecule has 1 aromatic heterocycles. The Balaban J connectivity index is 1.45. The van der Waals surface area contributed by atoms with Crippen LogP contribution < -0.4 is 10.5 Å². The Morgan fingerprint density at radius 2 is 1.89 bits per heavy atom. The normalized spacial score (nSPS) is 14.0. The number of para-hydroxylation sites is 1. The van der Waals surface area contributed by atoms with Gasteiger partial charge >= 0.3 is 5.97 Å². The molecule has 8 heteroatoms. The van der Waals surface area contributed by atoms with Crippen molar-refractivity contribution in [2.75, 3.05) is 11.4 Å². The zero-order chi connectivity index (χ0) is 19.7. The van der Waals surface area contributed by atoms with Crippen LogP contribution in [0.1, 0.15) is 12.5 Å². The number of hydrogen-bond acceptors (Lipinski definition) is 6. The topological polar surface area (TPSA) is 94.4 Å². The summed E-state index contributed by atoms with van der Waals surface area (Å²) in [4.78, 5) is 39.0. The zero-order valence-corrected chi connectivity index (χ0v) is 15.2. The molecule has 3 aromatic rings. The third-order valence-corrected chi connectivity index (χ3v) is 4.72. The average Bonchev–Trinajstić information content (AvgIpc) is 3.14. The number of esters is 1. The number of ether oxygens (including phenoxy) is 1. The standard InChI is InChI=1S/C20H18N4O4/c1-13(19(26)23-11-10-14-6-2-5-9-17(14)23)28-18(25)12-24-20(27)15-7-3-4-8-16(15)21-22-24/h2-9,13H,10-12H2,1H3. The van der Waals surface area contributed by atoms with E-state index in [2.05, 4.69) is 10.3 Å². The van der Waals surface area contributed by atoms with Crippen molar-refractivity contribution in [2.24, 2.45) is 0 Å². The Hall–Kier alpha value is -3.55. The highest BCUT2D eigenvalue weighted by Crippen LogP contribution is 2.28. The summed E-state index contributed by atoms with van der Waals surface area (Å²) in [7, 11) is 0. The van der Waals surface area contributed by atoms with Crippen LogP contribution in [-0.2, 0) is 27.3 Å². The average molecular weight is 378 g/mol. The molecule has 2 aromatic carbocycles. The van der Waals surface area contributed by atoms with E-state index in [4.69, 9.17) is 4.74 Å². The minimum Gasteiger partial charge on any atom is -0.451 e. The van der Waals surface area contributed by atoms with Gasteiger partial charge in [0.1, 0.15) is 12.1 Å². The van der Waals surface area contributed by atoms with Crippen molar-refractivity contribution in [1.82, 2.24) is 15.0 Å². The number of carbonyl (C=O) groups excluding carboxylic acids is 2. The molecule has 1 atom stereocenters. The summed E-state index contributed by atoms with van der Waals surface area (Å²) in [6.07, 6.45) is -0.201. The maximum atomic E-state index is 12.7. The molecule has 2 heterocycles. The molecule has 1 aliphatic rings. The molecule has 1 amide bonds. The fourth-order valence-electron chi connectivity index (χ4n) is 3.32. The van der Waals surface area contributed by atoms with E-state index in [9.17, 15) is 14.4 Å². The molecular formula is C20H18N4O4. The van der Waals surface area contributed by atoms with Crippen molar-refractivity contribution >= 4 is 28.5 Å². The molecule has 0 spiro atoms. The third kappa shape index (κ3) is 3.24. The summed E-state index contributed by atoms with van der Waals surface area (Å²) < 4.78 is 6.19. The number of aromatic nitrogens is 3. The van der Waals surface area contributed by atoms with Gasteiger partial charge in [-0.1, -0.05) is 35.5 Å². The second-order valence-electron chi connectivity index (χ2n) is 6.57. The van der Waals surface area contributed by atoms with E-state index in [1.54, 1.807) is 29.2 Å². The van der Waals surface area contributed by atoms with Crippen LogP contribution >= 0.6 is 0 Å². The number of amides is 1. The molecule has 0 saturated heterocycles. The molecule has 0 saturated carbocycles. The first-order valence-corrected chi connectivity index (χ1v) is 8.96. The van der Waals surface area contributed by atoms with Gasteiger partial charge in [-0.25, -0.2) is 0 Å². The van der Waals surface area contributed by atoms with E-state index in [1.165, 1.54) is 6.92 Å². The number of fused-ring (bicyclic) bond motifs is 2. The molecule has 8 nitrogen and oxygen atoms in total. The SMILES string of the molecule is CC(OC(=O)Cn1nnc2ccccc2c1=O)C(=O)N1CCc2ccccc21. The smallest absolute Gasteiger partial charge is 0.328 e. The van der Waals surface area contributed by atoms with Gasteiger partial charge in [-0.05, 0) is 37.1 Å². The highest BCUT2D eigenvalue weighted by atomic mass is 16.5. The molecule has 1 aliphatic heterocycles. The van der Waals surface area contributed by atoms with Gasteiger partial charge in [0.2, 0.25) is 0 Å². The van der Waals surface area contributed by atoms with Gasteiger partial charge in [0, 0.05) is 12.2 Å². The summed E-state index contributed by atoms with van der Waals surface area (Å²) in [6, 6.07) is 14.4. The number of anilines is 1. The molecule has 0 bridgehead atoms. The quantitative estimate of drug-likeness (QED) is 0.636. The lowest BCUT2D eigenvalue weighted by Crippen LogP contribution is -2.40. The van der Waals surface area contributed by atoms with Crippen LogP contribution in [0.4, 0.5) is 5.69 Å². The molecule has 28 heavy (non-hydrogen) atoms. The first-order valence-electron chi connectivity index (χ1n) is 8.96. The lowest BCUT2D eigenvalue weighted by Gasteiger charge is -2.21. The van der Waals surface area contributed by atoms with Crippen molar-refractivity contribution in [2.45, 2.75) is 26.0 Å². The molecule has 0 radical (unpaired) electrons. The Morgan fingerprint density at radius 1 is 1.14 bits per heavy atom. The van der Waals surface area contributed by atoms with E-state index >= 15 is 0 Å². The number of nitrogens with zero attached hydrogens (tertiary/aromatic N) is 4. The molecular weight excluding hydrogens is 360 g/mol. The second-order valence-corrected chi connectivity index (χ2v) is 6.57. The monoisotopic (exact) mass is 378 g/mol. The zero-order valence-electron chi connectivity index (χ0n) is 15.2. The van der Waals surface area contributed by atoms with Crippen molar-refractivity contribution in [3.8, 4) is 0 Å². The Morgan fingerprint density at radius 3 is 2.75 bits per heavy atom. The number of hydrogen-bond donors (Lipinski definition) is 0. The Kier molecular flexibility index (Phi) is 4.60. The van der Waals surface area contributed by atoms with Gasteiger partial charge in [-0.15, -0.1) is 5.10 Å².